The molecule has 0 aliphatic heterocycles. The molecule has 0 spiro atoms. The molecule has 8 heteroatoms. The predicted molar refractivity (Wildman–Crippen MR) is 340 cm³/mol. The molecule has 0 atom stereocenters. The van der Waals surface area contributed by atoms with E-state index >= 15 is 0 Å². The van der Waals surface area contributed by atoms with Crippen LogP contribution in [0, 0.1) is 41.5 Å². The van der Waals surface area contributed by atoms with Crippen molar-refractivity contribution in [1.29, 1.82) is 0 Å². The molecule has 10 aromatic rings. The van der Waals surface area contributed by atoms with Crippen molar-refractivity contribution in [3.63, 3.8) is 0 Å². The third kappa shape index (κ3) is 11.0. The van der Waals surface area contributed by atoms with E-state index in [1.165, 1.54) is 87.5 Å². The molecule has 75 heavy (non-hydrogen) atoms. The zero-order chi connectivity index (χ0) is 52.4. The van der Waals surface area contributed by atoms with Crippen molar-refractivity contribution < 1.29 is 0 Å². The first-order valence-corrected chi connectivity index (χ1v) is 39.3. The minimum atomic E-state index is -1.95. The van der Waals surface area contributed by atoms with E-state index < -0.39 is 52.9 Å². The average Bonchev–Trinajstić information content (AvgIpc) is 4.06. The van der Waals surface area contributed by atoms with Gasteiger partial charge in [0.05, 0.1) is 5.34 Å². The molecule has 0 bridgehead atoms. The summed E-state index contributed by atoms with van der Waals surface area (Å²) in [6, 6.07) is 73.8. The van der Waals surface area contributed by atoms with Crippen LogP contribution in [0.3, 0.4) is 0 Å². The monoisotopic (exact) mass is 1420 g/mol. The fourth-order valence-corrected chi connectivity index (χ4v) is 29.1. The summed E-state index contributed by atoms with van der Waals surface area (Å²) in [4.78, 5) is 0. The Hall–Kier alpha value is -3.22. The normalized spacial score (nSPS) is 12.6. The third-order valence-electron chi connectivity index (χ3n) is 14.7. The molecule has 0 radical (unpaired) electrons. The van der Waals surface area contributed by atoms with Crippen molar-refractivity contribution in [3.05, 3.63) is 250 Å². The Labute approximate surface area is 491 Å². The summed E-state index contributed by atoms with van der Waals surface area (Å²) >= 11 is 16.1. The van der Waals surface area contributed by atoms with Gasteiger partial charge in [-0.05, 0) is 0 Å². The number of aryl methyl sites for hydroxylation is 10. The molecule has 0 nitrogen and oxygen atoms in total. The van der Waals surface area contributed by atoms with Gasteiger partial charge in [0.1, 0.15) is 0 Å². The molecule has 0 saturated heterocycles. The summed E-state index contributed by atoms with van der Waals surface area (Å²) in [5.41, 5.74) is 10.8. The van der Waals surface area contributed by atoms with Crippen molar-refractivity contribution in [2.45, 2.75) is 67.2 Å². The van der Waals surface area contributed by atoms with Crippen molar-refractivity contribution in [2.24, 2.45) is 0 Å². The number of alkyl halides is 2. The van der Waals surface area contributed by atoms with Crippen LogP contribution in [0.2, 0.25) is 0 Å². The molecule has 0 fully saturated rings. The standard InChI is InChI=1S/2C33H29PSeTe.CH2Cl2/c2*1-22-20-23(2)33(24(3)21-22)36-30-19-17-26-15-14-25-16-18-29(32(30)31(25)26)34(35,27-10-6-4-7-11-27)28-12-8-5-9-13-28;2-1-3/h2*4-13,16-21H,14-15H2,1-3H3;1H2. The van der Waals surface area contributed by atoms with Gasteiger partial charge < -0.3 is 0 Å². The van der Waals surface area contributed by atoms with Crippen LogP contribution in [-0.4, -0.2) is 77.4 Å². The molecular formula is C67H60Cl2P2Se2Te2. The fraction of sp³-hybridized carbons (Fsp3) is 0.164. The van der Waals surface area contributed by atoms with Crippen LogP contribution in [0.4, 0.5) is 0 Å². The fourth-order valence-electron chi connectivity index (χ4n) is 11.5. The van der Waals surface area contributed by atoms with E-state index in [9.17, 15) is 0 Å². The minimum absolute atomic E-state index is 0.194. The van der Waals surface area contributed by atoms with E-state index in [-0.39, 0.29) is 5.34 Å². The Morgan fingerprint density at radius 1 is 0.360 bits per heavy atom. The number of halogens is 2. The van der Waals surface area contributed by atoms with E-state index in [1.807, 2.05) is 0 Å². The molecule has 0 aromatic heterocycles. The second-order valence-electron chi connectivity index (χ2n) is 19.8. The number of benzene rings is 10. The quantitative estimate of drug-likeness (QED) is 0.0727. The Balaban J connectivity index is 0.000000163. The van der Waals surface area contributed by atoms with Crippen LogP contribution >= 0.6 is 34.2 Å². The van der Waals surface area contributed by atoms with Gasteiger partial charge in [0.15, 0.2) is 0 Å². The van der Waals surface area contributed by atoms with Gasteiger partial charge in [0.25, 0.3) is 0 Å². The van der Waals surface area contributed by atoms with E-state index in [4.69, 9.17) is 23.2 Å². The maximum absolute atomic E-state index is 4.76. The number of hydrogen-bond donors (Lipinski definition) is 0. The van der Waals surface area contributed by atoms with Crippen LogP contribution in [0.15, 0.2) is 194 Å². The van der Waals surface area contributed by atoms with Gasteiger partial charge in [-0.15, -0.1) is 23.2 Å². The largest absolute Gasteiger partial charge is 0.109 e. The molecule has 12 rings (SSSR count). The molecule has 0 saturated carbocycles. The summed E-state index contributed by atoms with van der Waals surface area (Å²) in [6.07, 6.45) is 4.64. The van der Waals surface area contributed by atoms with Gasteiger partial charge >= 0.3 is 468 Å². The van der Waals surface area contributed by atoms with Crippen molar-refractivity contribution in [3.8, 4) is 0 Å². The van der Waals surface area contributed by atoms with Gasteiger partial charge in [-0.25, -0.2) is 0 Å². The molecule has 0 amide bonds. The zero-order valence-electron chi connectivity index (χ0n) is 43.3. The van der Waals surface area contributed by atoms with Crippen LogP contribution in [0.1, 0.15) is 55.6 Å². The maximum Gasteiger partial charge on any atom is 0.0967 e. The Bertz CT molecular complexity index is 3440. The minimum Gasteiger partial charge on any atom is -0.109 e. The Morgan fingerprint density at radius 3 is 0.880 bits per heavy atom. The predicted octanol–water partition coefficient (Wildman–Crippen LogP) is 11.2. The van der Waals surface area contributed by atoms with Crippen LogP contribution in [0.25, 0.3) is 21.5 Å². The van der Waals surface area contributed by atoms with Crippen LogP contribution < -0.4 is 46.3 Å². The van der Waals surface area contributed by atoms with E-state index in [1.54, 1.807) is 36.0 Å². The molecule has 0 unspecified atom stereocenters. The first kappa shape index (κ1) is 55.1. The molecule has 10 aromatic carbocycles. The number of rotatable bonds is 10. The van der Waals surface area contributed by atoms with E-state index in [0.717, 1.165) is 25.7 Å². The second kappa shape index (κ2) is 24.0. The first-order chi connectivity index (χ1) is 36.3. The first-order valence-electron chi connectivity index (χ1n) is 25.6. The van der Waals surface area contributed by atoms with Crippen molar-refractivity contribution >= 4 is 174 Å². The Kier molecular flexibility index (Phi) is 17.6. The SMILES string of the molecule is Cc1cc(C)c([Te]c2ccc3c4c(ccc(P(=[Se])(c5ccccc5)c5ccccc5)c24)CC3)c(C)c1.Cc1cc(C)c([Te]c2ccc3c4c(ccc(P(=[Se])(c5ccccc5)c5ccccc5)c24)CC3)c(C)c1.ClCCl. The van der Waals surface area contributed by atoms with Crippen LogP contribution in [-0.2, 0) is 25.7 Å². The van der Waals surface area contributed by atoms with E-state index in [2.05, 4.69) is 266 Å². The van der Waals surface area contributed by atoms with Crippen molar-refractivity contribution in [2.75, 3.05) is 5.34 Å². The molecule has 2 aliphatic rings. The summed E-state index contributed by atoms with van der Waals surface area (Å²) in [5.74, 6) is 0. The van der Waals surface area contributed by atoms with Gasteiger partial charge in [-0.1, -0.05) is 0 Å². The van der Waals surface area contributed by atoms with Crippen molar-refractivity contribution in [1.82, 2.24) is 0 Å². The third-order valence-corrected chi connectivity index (χ3v) is 36.7. The second-order valence-corrected chi connectivity index (χ2v) is 38.9. The topological polar surface area (TPSA) is 0 Å². The summed E-state index contributed by atoms with van der Waals surface area (Å²) in [5, 5.41) is 15.0. The molecule has 376 valence electrons. The van der Waals surface area contributed by atoms with Gasteiger partial charge in [0.2, 0.25) is 0 Å². The Morgan fingerprint density at radius 2 is 0.613 bits per heavy atom. The van der Waals surface area contributed by atoms with Gasteiger partial charge in [0, 0.05) is 0 Å². The molecule has 0 heterocycles. The molecular weight excluding hydrogens is 1350 g/mol. The summed E-state index contributed by atoms with van der Waals surface area (Å²) < 4.78 is 6.36. The van der Waals surface area contributed by atoms with Gasteiger partial charge in [-0.3, -0.25) is 0 Å². The van der Waals surface area contributed by atoms with Gasteiger partial charge in [-0.2, -0.15) is 0 Å². The maximum atomic E-state index is 4.76. The smallest absolute Gasteiger partial charge is 0.0967 e. The van der Waals surface area contributed by atoms with E-state index in [0.29, 0.717) is 0 Å². The molecule has 2 aliphatic carbocycles. The summed E-state index contributed by atoms with van der Waals surface area (Å²) in [6.45, 7) is 13.7. The van der Waals surface area contributed by atoms with Crippen LogP contribution in [0.5, 0.6) is 0 Å². The summed E-state index contributed by atoms with van der Waals surface area (Å²) in [7, 11) is 0. The zero-order valence-corrected chi connectivity index (χ0v) is 54.7. The average molecular weight is 1410 g/mol. The number of hydrogen-bond acceptors (Lipinski definition) is 0. The molecule has 0 N–H and O–H groups in total.